The van der Waals surface area contributed by atoms with Gasteiger partial charge in [-0.25, -0.2) is 8.42 Å². The number of nitrogens with zero attached hydrogens (tertiary/aromatic N) is 3. The monoisotopic (exact) mass is 530 g/mol. The van der Waals surface area contributed by atoms with Gasteiger partial charge in [0.2, 0.25) is 10.0 Å². The minimum absolute atomic E-state index is 0.0964. The SMILES string of the molecule is CCCOc1ccc(S(=O)(=O)N2C[C@@H](C)N[C@@H](C)C2)cc1C1=Cc2c(CCC)nn(CC)c2C(=S)C1. The third-order valence-corrected chi connectivity index (χ3v) is 8.87. The summed E-state index contributed by atoms with van der Waals surface area (Å²) in [6.45, 7) is 12.5. The highest BCUT2D eigenvalue weighted by atomic mass is 32.2. The van der Waals surface area contributed by atoms with Crippen LogP contribution in [-0.2, 0) is 23.0 Å². The molecule has 1 saturated heterocycles. The Morgan fingerprint density at radius 3 is 2.50 bits per heavy atom. The molecule has 0 amide bonds. The van der Waals surface area contributed by atoms with E-state index in [0.717, 1.165) is 58.8 Å². The summed E-state index contributed by atoms with van der Waals surface area (Å²) in [6.07, 6.45) is 5.42. The van der Waals surface area contributed by atoms with Crippen LogP contribution < -0.4 is 10.1 Å². The molecule has 1 fully saturated rings. The van der Waals surface area contributed by atoms with E-state index in [4.69, 9.17) is 22.1 Å². The fourth-order valence-corrected chi connectivity index (χ4v) is 7.17. The lowest BCUT2D eigenvalue weighted by molar-refractivity contribution is 0.263. The lowest BCUT2D eigenvalue weighted by Gasteiger charge is -2.35. The molecule has 2 atom stereocenters. The van der Waals surface area contributed by atoms with Gasteiger partial charge in [-0.1, -0.05) is 32.5 Å². The predicted molar refractivity (Wildman–Crippen MR) is 149 cm³/mol. The summed E-state index contributed by atoms with van der Waals surface area (Å²) in [7, 11) is -3.66. The molecule has 36 heavy (non-hydrogen) atoms. The van der Waals surface area contributed by atoms with Gasteiger partial charge in [0.25, 0.3) is 0 Å². The molecule has 0 radical (unpaired) electrons. The highest BCUT2D eigenvalue weighted by molar-refractivity contribution is 7.89. The van der Waals surface area contributed by atoms with Gasteiger partial charge in [0.1, 0.15) is 5.75 Å². The van der Waals surface area contributed by atoms with Crippen LogP contribution >= 0.6 is 12.2 Å². The third kappa shape index (κ3) is 5.30. The first-order chi connectivity index (χ1) is 17.2. The number of thiocarbonyl (C=S) groups is 1. The van der Waals surface area contributed by atoms with Crippen LogP contribution in [0, 0.1) is 0 Å². The quantitative estimate of drug-likeness (QED) is 0.475. The number of rotatable bonds is 9. The maximum Gasteiger partial charge on any atom is 0.243 e. The Morgan fingerprint density at radius 2 is 1.86 bits per heavy atom. The highest BCUT2D eigenvalue weighted by Gasteiger charge is 2.33. The lowest BCUT2D eigenvalue weighted by Crippen LogP contribution is -2.55. The van der Waals surface area contributed by atoms with Crippen molar-refractivity contribution < 1.29 is 13.2 Å². The predicted octanol–water partition coefficient (Wildman–Crippen LogP) is 4.68. The maximum absolute atomic E-state index is 13.7. The molecule has 7 nitrogen and oxygen atoms in total. The number of aromatic nitrogens is 2. The van der Waals surface area contributed by atoms with Crippen molar-refractivity contribution >= 4 is 38.8 Å². The molecule has 196 valence electrons. The van der Waals surface area contributed by atoms with E-state index in [1.165, 1.54) is 0 Å². The Kier molecular flexibility index (Phi) is 8.34. The van der Waals surface area contributed by atoms with E-state index in [-0.39, 0.29) is 12.1 Å². The fraction of sp³-hybridized carbons (Fsp3) is 0.556. The molecule has 0 saturated carbocycles. The van der Waals surface area contributed by atoms with Gasteiger partial charge in [-0.15, -0.1) is 0 Å². The van der Waals surface area contributed by atoms with E-state index >= 15 is 0 Å². The number of allylic oxidation sites excluding steroid dienone is 1. The molecule has 0 bridgehead atoms. The second-order valence-corrected chi connectivity index (χ2v) is 12.3. The van der Waals surface area contributed by atoms with Crippen molar-refractivity contribution in [3.63, 3.8) is 0 Å². The Balaban J connectivity index is 1.81. The van der Waals surface area contributed by atoms with E-state index in [2.05, 4.69) is 32.2 Å². The summed E-state index contributed by atoms with van der Waals surface area (Å²) in [5.74, 6) is 0.690. The molecule has 0 spiro atoms. The first kappa shape index (κ1) is 27.0. The highest BCUT2D eigenvalue weighted by Crippen LogP contribution is 2.38. The molecule has 1 aromatic carbocycles. The minimum Gasteiger partial charge on any atom is -0.493 e. The molecule has 1 aromatic heterocycles. The molecule has 2 aromatic rings. The van der Waals surface area contributed by atoms with Crippen LogP contribution in [0.5, 0.6) is 5.75 Å². The number of fused-ring (bicyclic) bond motifs is 1. The zero-order chi connectivity index (χ0) is 26.0. The van der Waals surface area contributed by atoms with Crippen molar-refractivity contribution in [3.05, 3.63) is 40.7 Å². The molecular weight excluding hydrogens is 492 g/mol. The smallest absolute Gasteiger partial charge is 0.243 e. The van der Waals surface area contributed by atoms with E-state index in [9.17, 15) is 8.42 Å². The average Bonchev–Trinajstić information content (AvgIpc) is 3.20. The number of nitrogens with one attached hydrogen (secondary N) is 1. The third-order valence-electron chi connectivity index (χ3n) is 6.71. The van der Waals surface area contributed by atoms with Crippen molar-refractivity contribution in [3.8, 4) is 5.75 Å². The van der Waals surface area contributed by atoms with Gasteiger partial charge in [0, 0.05) is 54.1 Å². The molecule has 1 aliphatic heterocycles. The Labute approximate surface area is 221 Å². The number of hydrogen-bond acceptors (Lipinski definition) is 6. The van der Waals surface area contributed by atoms with Crippen LogP contribution in [0.3, 0.4) is 0 Å². The Bertz CT molecular complexity index is 1260. The van der Waals surface area contributed by atoms with Crippen molar-refractivity contribution in [2.75, 3.05) is 19.7 Å². The normalized spacial score (nSPS) is 20.8. The van der Waals surface area contributed by atoms with Crippen LogP contribution in [0.1, 0.15) is 76.4 Å². The van der Waals surface area contributed by atoms with Crippen molar-refractivity contribution in [2.24, 2.45) is 0 Å². The number of sulfonamides is 1. The van der Waals surface area contributed by atoms with Crippen molar-refractivity contribution in [1.29, 1.82) is 0 Å². The number of ether oxygens (including phenoxy) is 1. The van der Waals surface area contributed by atoms with Gasteiger partial charge >= 0.3 is 0 Å². The molecule has 1 N–H and O–H groups in total. The number of aryl methyl sites for hydroxylation is 2. The van der Waals surface area contributed by atoms with Crippen LogP contribution in [0.25, 0.3) is 11.6 Å². The van der Waals surface area contributed by atoms with Crippen molar-refractivity contribution in [1.82, 2.24) is 19.4 Å². The van der Waals surface area contributed by atoms with E-state index in [0.29, 0.717) is 36.8 Å². The number of piperazine rings is 1. The van der Waals surface area contributed by atoms with Crippen molar-refractivity contribution in [2.45, 2.75) is 83.8 Å². The van der Waals surface area contributed by atoms with E-state index in [1.54, 1.807) is 22.5 Å². The van der Waals surface area contributed by atoms with Crippen LogP contribution in [0.15, 0.2) is 23.1 Å². The lowest BCUT2D eigenvalue weighted by atomic mass is 9.90. The average molecular weight is 531 g/mol. The van der Waals surface area contributed by atoms with Gasteiger partial charge in [0.05, 0.1) is 22.9 Å². The molecule has 2 heterocycles. The van der Waals surface area contributed by atoms with Crippen LogP contribution in [-0.4, -0.2) is 59.1 Å². The molecule has 2 aliphatic rings. The van der Waals surface area contributed by atoms with Gasteiger partial charge in [-0.05, 0) is 63.5 Å². The zero-order valence-electron chi connectivity index (χ0n) is 22.0. The molecule has 9 heteroatoms. The summed E-state index contributed by atoms with van der Waals surface area (Å²) in [6, 6.07) is 5.44. The summed E-state index contributed by atoms with van der Waals surface area (Å²) in [4.78, 5) is 1.12. The van der Waals surface area contributed by atoms with Gasteiger partial charge in [-0.3, -0.25) is 4.68 Å². The van der Waals surface area contributed by atoms with Crippen LogP contribution in [0.4, 0.5) is 0 Å². The van der Waals surface area contributed by atoms with Crippen LogP contribution in [0.2, 0.25) is 0 Å². The summed E-state index contributed by atoms with van der Waals surface area (Å²) >= 11 is 5.88. The number of hydrogen-bond donors (Lipinski definition) is 1. The second kappa shape index (κ2) is 11.1. The zero-order valence-corrected chi connectivity index (χ0v) is 23.6. The molecular formula is C27H38N4O3S2. The molecule has 0 unspecified atom stereocenters. The van der Waals surface area contributed by atoms with E-state index < -0.39 is 10.0 Å². The van der Waals surface area contributed by atoms with E-state index in [1.807, 2.05) is 18.5 Å². The first-order valence-corrected chi connectivity index (χ1v) is 14.9. The van der Waals surface area contributed by atoms with Gasteiger partial charge in [-0.2, -0.15) is 9.40 Å². The standard InChI is InChI=1S/C27H38N4O3S2/c1-6-9-24-23-13-20(14-26(35)27(23)31(8-3)29-24)22-15-21(10-11-25(22)34-12-7-2)36(32,33)30-16-18(4)28-19(5)17-30/h10-11,13,15,18-19,28H,6-9,12,14,16-17H2,1-5H3/t18-,19+. The summed E-state index contributed by atoms with van der Waals surface area (Å²) < 4.78 is 37.0. The number of benzene rings is 1. The maximum atomic E-state index is 13.7. The first-order valence-electron chi connectivity index (χ1n) is 13.1. The second-order valence-electron chi connectivity index (χ2n) is 9.84. The molecule has 4 rings (SSSR count). The Hall–Kier alpha value is -2.07. The molecule has 1 aliphatic carbocycles. The minimum atomic E-state index is -3.66. The fourth-order valence-electron chi connectivity index (χ4n) is 5.16. The summed E-state index contributed by atoms with van der Waals surface area (Å²) in [5.41, 5.74) is 4.89. The topological polar surface area (TPSA) is 76.5 Å². The Morgan fingerprint density at radius 1 is 1.14 bits per heavy atom. The van der Waals surface area contributed by atoms with Gasteiger partial charge < -0.3 is 10.1 Å². The largest absolute Gasteiger partial charge is 0.493 e. The summed E-state index contributed by atoms with van der Waals surface area (Å²) in [5, 5.41) is 8.23. The van der Waals surface area contributed by atoms with Gasteiger partial charge in [0.15, 0.2) is 0 Å².